The molecule has 6 nitrogen and oxygen atoms in total. The number of sulfone groups is 1. The lowest BCUT2D eigenvalue weighted by atomic mass is 10.1. The number of hydrogen-bond acceptors (Lipinski definition) is 4. The molecule has 0 radical (unpaired) electrons. The van der Waals surface area contributed by atoms with Gasteiger partial charge >= 0.3 is 0 Å². The Morgan fingerprint density at radius 2 is 1.47 bits per heavy atom. The minimum atomic E-state index is -3.78. The van der Waals surface area contributed by atoms with Gasteiger partial charge in [0.15, 0.2) is 9.84 Å². The molecule has 2 amide bonds. The lowest BCUT2D eigenvalue weighted by Gasteiger charge is -2.12. The number of hydrogen-bond donors (Lipinski definition) is 2. The fraction of sp³-hybridized carbons (Fsp3) is 0.130. The fourth-order valence-electron chi connectivity index (χ4n) is 2.84. The first-order valence-corrected chi connectivity index (χ1v) is 11.0. The third kappa shape index (κ3) is 5.55. The zero-order valence-corrected chi connectivity index (χ0v) is 17.3. The molecule has 0 aliphatic rings. The topological polar surface area (TPSA) is 92.3 Å². The molecule has 0 aliphatic heterocycles. The average Bonchev–Trinajstić information content (AvgIpc) is 2.74. The van der Waals surface area contributed by atoms with Gasteiger partial charge in [-0.3, -0.25) is 9.59 Å². The van der Waals surface area contributed by atoms with Crippen molar-refractivity contribution in [3.8, 4) is 0 Å². The smallest absolute Gasteiger partial charge is 0.253 e. The monoisotopic (exact) mass is 422 g/mol. The number of anilines is 1. The molecule has 0 fully saturated rings. The Bertz CT molecular complexity index is 1140. The normalized spacial score (nSPS) is 11.0. The van der Waals surface area contributed by atoms with Gasteiger partial charge in [0.25, 0.3) is 5.91 Å². The number of nitrogens with one attached hydrogen (secondary N) is 2. The van der Waals surface area contributed by atoms with Crippen molar-refractivity contribution < 1.29 is 18.0 Å². The van der Waals surface area contributed by atoms with Gasteiger partial charge in [0.2, 0.25) is 5.91 Å². The van der Waals surface area contributed by atoms with Crippen LogP contribution in [0.15, 0.2) is 83.8 Å². The number of para-hydroxylation sites is 1. The number of rotatable bonds is 7. The predicted molar refractivity (Wildman–Crippen MR) is 116 cm³/mol. The molecular formula is C23H22N2O4S. The van der Waals surface area contributed by atoms with Crippen LogP contribution in [0.2, 0.25) is 0 Å². The Kier molecular flexibility index (Phi) is 6.64. The maximum atomic E-state index is 12.6. The Morgan fingerprint density at radius 1 is 0.833 bits per heavy atom. The molecule has 154 valence electrons. The van der Waals surface area contributed by atoms with Crippen LogP contribution < -0.4 is 10.6 Å². The molecule has 0 bridgehead atoms. The summed E-state index contributed by atoms with van der Waals surface area (Å²) < 4.78 is 24.8. The minimum absolute atomic E-state index is 0.0734. The highest BCUT2D eigenvalue weighted by molar-refractivity contribution is 7.92. The molecule has 0 saturated heterocycles. The Labute approximate surface area is 175 Å². The van der Waals surface area contributed by atoms with Crippen LogP contribution in [0, 0.1) is 6.92 Å². The zero-order chi connectivity index (χ0) is 21.6. The van der Waals surface area contributed by atoms with E-state index in [9.17, 15) is 18.0 Å². The van der Waals surface area contributed by atoms with Gasteiger partial charge in [0.05, 0.1) is 16.1 Å². The molecule has 2 N–H and O–H groups in total. The van der Waals surface area contributed by atoms with Gasteiger partial charge in [-0.15, -0.1) is 0 Å². The summed E-state index contributed by atoms with van der Waals surface area (Å²) >= 11 is 0. The van der Waals surface area contributed by atoms with Gasteiger partial charge < -0.3 is 10.6 Å². The highest BCUT2D eigenvalue weighted by Crippen LogP contribution is 2.17. The van der Waals surface area contributed by atoms with Crippen molar-refractivity contribution in [2.75, 3.05) is 11.1 Å². The van der Waals surface area contributed by atoms with E-state index in [-0.39, 0.29) is 22.1 Å². The van der Waals surface area contributed by atoms with Crippen molar-refractivity contribution in [2.24, 2.45) is 0 Å². The van der Waals surface area contributed by atoms with E-state index in [0.717, 1.165) is 11.1 Å². The van der Waals surface area contributed by atoms with Crippen molar-refractivity contribution in [3.63, 3.8) is 0 Å². The van der Waals surface area contributed by atoms with E-state index in [1.807, 2.05) is 31.2 Å². The fourth-order valence-corrected chi connectivity index (χ4v) is 4.00. The molecule has 0 aliphatic carbocycles. The number of carbonyl (C=O) groups is 2. The van der Waals surface area contributed by atoms with Crippen LogP contribution in [0.1, 0.15) is 21.5 Å². The quantitative estimate of drug-likeness (QED) is 0.611. The van der Waals surface area contributed by atoms with Crippen molar-refractivity contribution >= 4 is 27.3 Å². The lowest BCUT2D eigenvalue weighted by Crippen LogP contribution is -2.27. The van der Waals surface area contributed by atoms with Crippen LogP contribution in [0.5, 0.6) is 0 Å². The molecule has 0 atom stereocenters. The summed E-state index contributed by atoms with van der Waals surface area (Å²) in [5.41, 5.74) is 2.59. The summed E-state index contributed by atoms with van der Waals surface area (Å²) in [5.74, 6) is -1.79. The van der Waals surface area contributed by atoms with Gasteiger partial charge in [0.1, 0.15) is 5.75 Å². The second-order valence-electron chi connectivity index (χ2n) is 6.83. The van der Waals surface area contributed by atoms with Crippen LogP contribution >= 0.6 is 0 Å². The Hall–Kier alpha value is -3.45. The minimum Gasteiger partial charge on any atom is -0.348 e. The molecule has 0 saturated carbocycles. The van der Waals surface area contributed by atoms with Gasteiger partial charge in [0, 0.05) is 6.54 Å². The SMILES string of the molecule is Cc1ccc(CNC(=O)c2ccccc2NC(=O)CS(=O)(=O)c2ccccc2)cc1. The second kappa shape index (κ2) is 9.37. The zero-order valence-electron chi connectivity index (χ0n) is 16.5. The summed E-state index contributed by atoms with van der Waals surface area (Å²) in [6, 6.07) is 22.0. The van der Waals surface area contributed by atoms with E-state index in [4.69, 9.17) is 0 Å². The summed E-state index contributed by atoms with van der Waals surface area (Å²) in [6.45, 7) is 2.32. The van der Waals surface area contributed by atoms with Crippen molar-refractivity contribution in [1.82, 2.24) is 5.32 Å². The largest absolute Gasteiger partial charge is 0.348 e. The molecule has 7 heteroatoms. The van der Waals surface area contributed by atoms with Gasteiger partial charge in [-0.1, -0.05) is 60.2 Å². The van der Waals surface area contributed by atoms with Gasteiger partial charge in [-0.05, 0) is 36.8 Å². The van der Waals surface area contributed by atoms with Crippen molar-refractivity contribution in [3.05, 3.63) is 95.6 Å². The molecule has 0 heterocycles. The molecule has 3 rings (SSSR count). The van der Waals surface area contributed by atoms with Crippen LogP contribution in [-0.4, -0.2) is 26.0 Å². The molecule has 3 aromatic carbocycles. The van der Waals surface area contributed by atoms with E-state index in [0.29, 0.717) is 6.54 Å². The number of aryl methyl sites for hydroxylation is 1. The van der Waals surface area contributed by atoms with Crippen molar-refractivity contribution in [1.29, 1.82) is 0 Å². The standard InChI is InChI=1S/C23H22N2O4S/c1-17-11-13-18(14-12-17)15-24-23(27)20-9-5-6-10-21(20)25-22(26)16-30(28,29)19-7-3-2-4-8-19/h2-14H,15-16H2,1H3,(H,24,27)(H,25,26). The van der Waals surface area contributed by atoms with Crippen LogP contribution in [0.3, 0.4) is 0 Å². The Morgan fingerprint density at radius 3 is 2.17 bits per heavy atom. The molecule has 0 aromatic heterocycles. The third-order valence-corrected chi connectivity index (χ3v) is 6.08. The van der Waals surface area contributed by atoms with Crippen molar-refractivity contribution in [2.45, 2.75) is 18.4 Å². The molecule has 30 heavy (non-hydrogen) atoms. The second-order valence-corrected chi connectivity index (χ2v) is 8.82. The summed E-state index contributed by atoms with van der Waals surface area (Å²) in [5, 5.41) is 5.36. The van der Waals surface area contributed by atoms with E-state index in [2.05, 4.69) is 10.6 Å². The molecule has 0 unspecified atom stereocenters. The first-order valence-electron chi connectivity index (χ1n) is 9.35. The first kappa shape index (κ1) is 21.3. The highest BCUT2D eigenvalue weighted by Gasteiger charge is 2.20. The van der Waals surface area contributed by atoms with E-state index in [1.54, 1.807) is 42.5 Å². The number of carbonyl (C=O) groups excluding carboxylic acids is 2. The van der Waals surface area contributed by atoms with Gasteiger partial charge in [-0.2, -0.15) is 0 Å². The van der Waals surface area contributed by atoms with E-state index in [1.165, 1.54) is 12.1 Å². The molecular weight excluding hydrogens is 400 g/mol. The summed E-state index contributed by atoms with van der Waals surface area (Å²) in [4.78, 5) is 25.1. The van der Waals surface area contributed by atoms with Crippen LogP contribution in [0.4, 0.5) is 5.69 Å². The van der Waals surface area contributed by atoms with E-state index >= 15 is 0 Å². The summed E-state index contributed by atoms with van der Waals surface area (Å²) in [7, 11) is -3.78. The molecule has 3 aromatic rings. The highest BCUT2D eigenvalue weighted by atomic mass is 32.2. The molecule has 0 spiro atoms. The third-order valence-electron chi connectivity index (χ3n) is 4.44. The van der Waals surface area contributed by atoms with E-state index < -0.39 is 21.5 Å². The van der Waals surface area contributed by atoms with Gasteiger partial charge in [-0.25, -0.2) is 8.42 Å². The predicted octanol–water partition coefficient (Wildman–Crippen LogP) is 3.34. The first-order chi connectivity index (χ1) is 14.3. The summed E-state index contributed by atoms with van der Waals surface area (Å²) in [6.07, 6.45) is 0. The average molecular weight is 423 g/mol. The maximum absolute atomic E-state index is 12.6. The lowest BCUT2D eigenvalue weighted by molar-refractivity contribution is -0.113. The van der Waals surface area contributed by atoms with Crippen LogP contribution in [-0.2, 0) is 21.2 Å². The Balaban J connectivity index is 1.68. The van der Waals surface area contributed by atoms with Crippen LogP contribution in [0.25, 0.3) is 0 Å². The number of amides is 2. The number of benzene rings is 3. The maximum Gasteiger partial charge on any atom is 0.253 e.